The molecule has 0 bridgehead atoms. The van der Waals surface area contributed by atoms with Gasteiger partial charge in [0.25, 0.3) is 0 Å². The van der Waals surface area contributed by atoms with Gasteiger partial charge < -0.3 is 41.3 Å². The highest BCUT2D eigenvalue weighted by atomic mass is 16.4. The molecule has 0 aromatic heterocycles. The van der Waals surface area contributed by atoms with Crippen molar-refractivity contribution in [2.45, 2.75) is 110 Å². The van der Waals surface area contributed by atoms with Crippen LogP contribution in [0.2, 0.25) is 0 Å². The minimum atomic E-state index is -1.75. The molecule has 0 spiro atoms. The summed E-state index contributed by atoms with van der Waals surface area (Å²) in [5.41, 5.74) is 0.963. The van der Waals surface area contributed by atoms with Crippen molar-refractivity contribution >= 4 is 47.4 Å². The number of nitrogens with zero attached hydrogens (tertiary/aromatic N) is 2. The highest BCUT2D eigenvalue weighted by Crippen LogP contribution is 2.16. The Labute approximate surface area is 311 Å². The zero-order valence-electron chi connectivity index (χ0n) is 32.3. The summed E-state index contributed by atoms with van der Waals surface area (Å²) in [5.74, 6) is -8.27. The Kier molecular flexibility index (Phi) is 19.2. The quantitative estimate of drug-likeness (QED) is 0.0992. The van der Waals surface area contributed by atoms with Crippen LogP contribution < -0.4 is 21.3 Å². The number of amides is 6. The highest BCUT2D eigenvalue weighted by molar-refractivity contribution is 5.98. The summed E-state index contributed by atoms with van der Waals surface area (Å²) in [5, 5.41) is 28.8. The van der Waals surface area contributed by atoms with E-state index >= 15 is 0 Å². The third-order valence-corrected chi connectivity index (χ3v) is 8.82. The van der Waals surface area contributed by atoms with Crippen molar-refractivity contribution in [3.63, 3.8) is 0 Å². The maximum Gasteiger partial charge on any atom is 0.326 e. The fourth-order valence-electron chi connectivity index (χ4n) is 5.54. The summed E-state index contributed by atoms with van der Waals surface area (Å²) in [6, 6.07) is 2.49. The van der Waals surface area contributed by atoms with Gasteiger partial charge >= 0.3 is 11.9 Å². The van der Waals surface area contributed by atoms with Crippen molar-refractivity contribution in [1.82, 2.24) is 31.1 Å². The van der Waals surface area contributed by atoms with E-state index in [4.69, 9.17) is 0 Å². The predicted octanol–water partition coefficient (Wildman–Crippen LogP) is 1.17. The topological polar surface area (TPSA) is 232 Å². The van der Waals surface area contributed by atoms with Gasteiger partial charge in [0.1, 0.15) is 30.2 Å². The maximum atomic E-state index is 13.9. The lowest BCUT2D eigenvalue weighted by molar-refractivity contribution is -0.144. The molecule has 6 amide bonds. The third kappa shape index (κ3) is 15.6. The molecule has 1 unspecified atom stereocenters. The van der Waals surface area contributed by atoms with Gasteiger partial charge in [0.05, 0.1) is 12.8 Å². The SMILES string of the molecule is CC[C@H](C)[C@H](NC(=O)[C@H](C(C)C)N(C)C(=O)CCc1ccccc1)C(=O)NC(CC(=O)N(C)C)C(=O)N[C@@H](CC(=O)O)C(=O)N[C@@H](CC(C)C)C(=O)O. The molecule has 0 aliphatic heterocycles. The Morgan fingerprint density at radius 3 is 1.68 bits per heavy atom. The van der Waals surface area contributed by atoms with E-state index in [1.807, 2.05) is 30.3 Å². The van der Waals surface area contributed by atoms with Crippen LogP contribution in [0.4, 0.5) is 0 Å². The number of rotatable bonds is 22. The first kappa shape index (κ1) is 46.0. The normalized spacial score (nSPS) is 14.5. The van der Waals surface area contributed by atoms with Gasteiger partial charge in [-0.1, -0.05) is 78.3 Å². The first-order valence-corrected chi connectivity index (χ1v) is 17.9. The van der Waals surface area contributed by atoms with Crippen molar-refractivity contribution in [2.24, 2.45) is 17.8 Å². The van der Waals surface area contributed by atoms with Crippen molar-refractivity contribution in [1.29, 1.82) is 0 Å². The molecule has 0 saturated carbocycles. The maximum absolute atomic E-state index is 13.9. The Bertz CT molecular complexity index is 1430. The third-order valence-electron chi connectivity index (χ3n) is 8.82. The van der Waals surface area contributed by atoms with Crippen LogP contribution in [0.15, 0.2) is 30.3 Å². The number of benzene rings is 1. The minimum absolute atomic E-state index is 0.0306. The van der Waals surface area contributed by atoms with Crippen LogP contribution in [0.25, 0.3) is 0 Å². The average molecular weight is 747 g/mol. The minimum Gasteiger partial charge on any atom is -0.481 e. The standard InChI is InChI=1S/C37H58N6O10/c1-10-23(6)31(41-36(51)32(22(4)5)43(9)28(44)17-16-24-14-12-11-13-15-24)35(50)39-25(19-29(45)42(7)8)33(48)38-26(20-30(46)47)34(49)40-27(37(52)53)18-21(2)3/h11-15,21-23,25-27,31-32H,10,16-20H2,1-9H3,(H,38,48)(H,39,50)(H,40,49)(H,41,51)(H,46,47)(H,52,53)/t23-,25?,26-,27-,31-,32-/m0/s1. The number of carbonyl (C=O) groups is 8. The number of hydrogen-bond donors (Lipinski definition) is 6. The zero-order valence-corrected chi connectivity index (χ0v) is 32.3. The lowest BCUT2D eigenvalue weighted by Crippen LogP contribution is -2.61. The molecule has 0 saturated heterocycles. The fraction of sp³-hybridized carbons (Fsp3) is 0.622. The molecule has 6 N–H and O–H groups in total. The molecule has 0 aliphatic rings. The summed E-state index contributed by atoms with van der Waals surface area (Å²) in [4.78, 5) is 106. The van der Waals surface area contributed by atoms with E-state index in [2.05, 4.69) is 21.3 Å². The van der Waals surface area contributed by atoms with E-state index in [0.717, 1.165) is 5.56 Å². The van der Waals surface area contributed by atoms with Gasteiger partial charge in [-0.2, -0.15) is 0 Å². The number of nitrogens with one attached hydrogen (secondary N) is 4. The van der Waals surface area contributed by atoms with Crippen molar-refractivity contribution in [3.8, 4) is 0 Å². The largest absolute Gasteiger partial charge is 0.481 e. The molecule has 0 aliphatic carbocycles. The fourth-order valence-corrected chi connectivity index (χ4v) is 5.54. The van der Waals surface area contributed by atoms with Crippen molar-refractivity contribution < 1.29 is 48.6 Å². The van der Waals surface area contributed by atoms with E-state index in [1.165, 1.54) is 30.9 Å². The highest BCUT2D eigenvalue weighted by Gasteiger charge is 2.37. The van der Waals surface area contributed by atoms with E-state index in [9.17, 15) is 48.6 Å². The number of hydrogen-bond acceptors (Lipinski definition) is 8. The number of aliphatic carboxylic acids is 2. The molecular weight excluding hydrogens is 688 g/mol. The molecule has 1 aromatic carbocycles. The van der Waals surface area contributed by atoms with Crippen molar-refractivity contribution in [3.05, 3.63) is 35.9 Å². The van der Waals surface area contributed by atoms with Crippen LogP contribution in [0.5, 0.6) is 0 Å². The predicted molar refractivity (Wildman–Crippen MR) is 196 cm³/mol. The molecule has 296 valence electrons. The molecular formula is C37H58N6O10. The number of likely N-dealkylation sites (N-methyl/N-ethyl adjacent to an activating group) is 1. The second-order valence-corrected chi connectivity index (χ2v) is 14.3. The Morgan fingerprint density at radius 2 is 1.21 bits per heavy atom. The van der Waals surface area contributed by atoms with Gasteiger partial charge in [0, 0.05) is 27.6 Å². The van der Waals surface area contributed by atoms with Gasteiger partial charge in [0.15, 0.2) is 0 Å². The average Bonchev–Trinajstić information content (AvgIpc) is 3.07. The van der Waals surface area contributed by atoms with Crippen molar-refractivity contribution in [2.75, 3.05) is 21.1 Å². The summed E-state index contributed by atoms with van der Waals surface area (Å²) >= 11 is 0. The van der Waals surface area contributed by atoms with Gasteiger partial charge in [-0.05, 0) is 36.2 Å². The van der Waals surface area contributed by atoms with Gasteiger partial charge in [-0.3, -0.25) is 33.6 Å². The van der Waals surface area contributed by atoms with Crippen LogP contribution in [-0.4, -0.2) is 119 Å². The molecule has 0 fully saturated rings. The summed E-state index contributed by atoms with van der Waals surface area (Å²) in [7, 11) is 4.37. The number of aryl methyl sites for hydroxylation is 1. The molecule has 1 aromatic rings. The second-order valence-electron chi connectivity index (χ2n) is 14.3. The summed E-state index contributed by atoms with van der Waals surface area (Å²) in [6.45, 7) is 10.5. The number of carboxylic acid groups (broad SMARTS) is 2. The lowest BCUT2D eigenvalue weighted by Gasteiger charge is -2.33. The van der Waals surface area contributed by atoms with E-state index in [1.54, 1.807) is 41.5 Å². The molecule has 16 heteroatoms. The summed E-state index contributed by atoms with van der Waals surface area (Å²) in [6.07, 6.45) is -0.455. The van der Waals surface area contributed by atoms with Crippen LogP contribution in [0, 0.1) is 17.8 Å². The van der Waals surface area contributed by atoms with E-state index in [0.29, 0.717) is 12.8 Å². The van der Waals surface area contributed by atoms with Crippen LogP contribution in [0.1, 0.15) is 79.2 Å². The smallest absolute Gasteiger partial charge is 0.326 e. The first-order chi connectivity index (χ1) is 24.7. The van der Waals surface area contributed by atoms with Crippen LogP contribution in [0.3, 0.4) is 0 Å². The van der Waals surface area contributed by atoms with Gasteiger partial charge in [-0.25, -0.2) is 4.79 Å². The number of carboxylic acids is 2. The van der Waals surface area contributed by atoms with E-state index < -0.39 is 90.4 Å². The van der Waals surface area contributed by atoms with Crippen LogP contribution in [-0.2, 0) is 44.8 Å². The van der Waals surface area contributed by atoms with Gasteiger partial charge in [0.2, 0.25) is 35.4 Å². The molecule has 0 heterocycles. The molecule has 16 nitrogen and oxygen atoms in total. The van der Waals surface area contributed by atoms with E-state index in [-0.39, 0.29) is 30.6 Å². The monoisotopic (exact) mass is 746 g/mol. The Hall–Kier alpha value is -5.02. The Morgan fingerprint density at radius 1 is 0.679 bits per heavy atom. The molecule has 0 radical (unpaired) electrons. The van der Waals surface area contributed by atoms with Crippen LogP contribution >= 0.6 is 0 Å². The first-order valence-electron chi connectivity index (χ1n) is 17.9. The van der Waals surface area contributed by atoms with Gasteiger partial charge in [-0.15, -0.1) is 0 Å². The lowest BCUT2D eigenvalue weighted by atomic mass is 9.95. The molecule has 1 rings (SSSR count). The second kappa shape index (κ2) is 22.1. The Balaban J connectivity index is 3.32. The number of carbonyl (C=O) groups excluding carboxylic acids is 6. The molecule has 53 heavy (non-hydrogen) atoms. The molecule has 6 atom stereocenters. The summed E-state index contributed by atoms with van der Waals surface area (Å²) < 4.78 is 0. The zero-order chi connectivity index (χ0) is 40.6.